The van der Waals surface area contributed by atoms with Crippen molar-refractivity contribution in [2.45, 2.75) is 288 Å². The van der Waals surface area contributed by atoms with E-state index < -0.39 is 67.4 Å². The zero-order chi connectivity index (χ0) is 62.4. The summed E-state index contributed by atoms with van der Waals surface area (Å²) in [4.78, 5) is 26.6. The number of carbonyl (C=O) groups excluding carboxylic acids is 2. The first-order valence-corrected chi connectivity index (χ1v) is 33.8. The lowest BCUT2D eigenvalue weighted by Gasteiger charge is -2.41. The summed E-state index contributed by atoms with van der Waals surface area (Å²) in [7, 11) is 0. The number of ether oxygens (including phenoxy) is 3. The van der Waals surface area contributed by atoms with Crippen LogP contribution in [-0.2, 0) is 23.8 Å². The standard InChI is InChI=1S/C75H121NO10/c1-4-7-10-13-16-19-22-25-27-29-31-32-33-34-35-36-37-38-39-41-43-45-48-51-54-57-60-63-70(80)86-73-72(82)71(81)69(64-77)85-75(73)84-65-66(67(78)61-58-55-52-49-46-24-21-18-15-12-9-6-3)76-74(83)68(79)62-59-56-53-50-47-44-42-40-30-28-26-23-20-17-14-11-8-5-2/h7-8,10-11,16-17,19-20,25-28,31-32,34-35,37-38,40,42,47,50,56,58-59,61,66-69,71-73,75,77-79,81-82H,4-6,9,12-15,18,21-24,29-30,33,36,39,41,43-46,48-49,51-55,57,60,62-65H2,1-3H3,(H,76,83)/b10-7-,11-8-,19-16-,20-17-,27-25-,28-26-,32-31-,35-34-,38-37-,42-40-,50-47-,59-56-,61-58+. The second-order valence-corrected chi connectivity index (χ2v) is 22.4. The van der Waals surface area contributed by atoms with Crippen LogP contribution in [0.15, 0.2) is 158 Å². The van der Waals surface area contributed by atoms with Crippen LogP contribution in [0.4, 0.5) is 0 Å². The fourth-order valence-corrected chi connectivity index (χ4v) is 9.43. The SMILES string of the molecule is CC/C=C\C/C=C\C/C=C\C/C=C\C/C=C\C/C=C\CCCCCCCCCCC(=O)OC1C(OCC(NC(=O)C(O)C/C=C\C/C=C\C/C=C\C/C=C\C/C=C\C/C=C\CC)C(O)/C=C/CCCCCCCCCCCC)OC(CO)C(O)C1O. The lowest BCUT2D eigenvalue weighted by molar-refractivity contribution is -0.305. The molecule has 0 aromatic heterocycles. The average Bonchev–Trinajstić information content (AvgIpc) is 2.65. The van der Waals surface area contributed by atoms with Crippen molar-refractivity contribution < 1.29 is 49.3 Å². The van der Waals surface area contributed by atoms with Gasteiger partial charge in [0.05, 0.1) is 25.4 Å². The van der Waals surface area contributed by atoms with Crippen molar-refractivity contribution in [3.8, 4) is 0 Å². The van der Waals surface area contributed by atoms with Gasteiger partial charge in [0, 0.05) is 12.8 Å². The van der Waals surface area contributed by atoms with E-state index in [-0.39, 0.29) is 19.4 Å². The molecule has 1 rings (SSSR count). The van der Waals surface area contributed by atoms with Crippen LogP contribution >= 0.6 is 0 Å². The molecular weight excluding hydrogens is 1070 g/mol. The van der Waals surface area contributed by atoms with Crippen molar-refractivity contribution in [2.75, 3.05) is 13.2 Å². The van der Waals surface area contributed by atoms with Gasteiger partial charge in [0.25, 0.3) is 0 Å². The second-order valence-electron chi connectivity index (χ2n) is 22.4. The van der Waals surface area contributed by atoms with Crippen molar-refractivity contribution >= 4 is 11.9 Å². The van der Waals surface area contributed by atoms with E-state index in [1.807, 2.05) is 18.2 Å². The molecule has 0 aromatic carbocycles. The van der Waals surface area contributed by atoms with E-state index in [1.54, 1.807) is 12.2 Å². The molecule has 1 aliphatic rings. The highest BCUT2D eigenvalue weighted by Gasteiger charge is 2.47. The predicted molar refractivity (Wildman–Crippen MR) is 360 cm³/mol. The molecule has 1 amide bonds. The fraction of sp³-hybridized carbons (Fsp3) is 0.627. The van der Waals surface area contributed by atoms with Gasteiger partial charge in [-0.1, -0.05) is 275 Å². The van der Waals surface area contributed by atoms with E-state index in [9.17, 15) is 35.1 Å². The summed E-state index contributed by atoms with van der Waals surface area (Å²) in [6.07, 6.45) is 78.7. The van der Waals surface area contributed by atoms with Crippen LogP contribution in [-0.4, -0.2) is 99.6 Å². The third-order valence-electron chi connectivity index (χ3n) is 14.7. The molecular formula is C75H121NO10. The number of hydrogen-bond acceptors (Lipinski definition) is 10. The van der Waals surface area contributed by atoms with Crippen molar-refractivity contribution in [3.05, 3.63) is 158 Å². The summed E-state index contributed by atoms with van der Waals surface area (Å²) >= 11 is 0. The van der Waals surface area contributed by atoms with Gasteiger partial charge in [-0.2, -0.15) is 0 Å². The minimum absolute atomic E-state index is 0.0487. The van der Waals surface area contributed by atoms with E-state index in [4.69, 9.17) is 14.2 Å². The molecule has 1 fully saturated rings. The molecule has 0 aromatic rings. The van der Waals surface area contributed by atoms with E-state index in [2.05, 4.69) is 154 Å². The number of nitrogens with one attached hydrogen (secondary N) is 1. The minimum Gasteiger partial charge on any atom is -0.454 e. The Morgan fingerprint density at radius 2 is 0.837 bits per heavy atom. The Balaban J connectivity index is 2.65. The quantitative estimate of drug-likeness (QED) is 0.0195. The van der Waals surface area contributed by atoms with E-state index in [0.29, 0.717) is 12.8 Å². The summed E-state index contributed by atoms with van der Waals surface area (Å²) in [6, 6.07) is -1.08. The van der Waals surface area contributed by atoms with Crippen LogP contribution in [0, 0.1) is 0 Å². The third kappa shape index (κ3) is 47.4. The maximum absolute atomic E-state index is 13.4. The fourth-order valence-electron chi connectivity index (χ4n) is 9.43. The predicted octanol–water partition coefficient (Wildman–Crippen LogP) is 17.1. The first-order chi connectivity index (χ1) is 42.2. The Labute approximate surface area is 523 Å². The molecule has 8 unspecified atom stereocenters. The lowest BCUT2D eigenvalue weighted by Crippen LogP contribution is -2.61. The Morgan fingerprint density at radius 3 is 1.26 bits per heavy atom. The van der Waals surface area contributed by atoms with Gasteiger partial charge in [-0.15, -0.1) is 0 Å². The summed E-state index contributed by atoms with van der Waals surface area (Å²) in [5.41, 5.74) is 0. The van der Waals surface area contributed by atoms with Gasteiger partial charge in [0.15, 0.2) is 12.4 Å². The molecule has 486 valence electrons. The molecule has 1 aliphatic heterocycles. The number of amides is 1. The summed E-state index contributed by atoms with van der Waals surface area (Å²) < 4.78 is 17.6. The zero-order valence-electron chi connectivity index (χ0n) is 53.9. The molecule has 0 bridgehead atoms. The number of aliphatic hydroxyl groups is 5. The summed E-state index contributed by atoms with van der Waals surface area (Å²) in [5, 5.41) is 57.0. The van der Waals surface area contributed by atoms with Crippen LogP contribution in [0.3, 0.4) is 0 Å². The Hall–Kier alpha value is -4.72. The highest BCUT2D eigenvalue weighted by Crippen LogP contribution is 2.26. The lowest BCUT2D eigenvalue weighted by atomic mass is 9.99. The summed E-state index contributed by atoms with van der Waals surface area (Å²) in [6.45, 7) is 5.50. The maximum Gasteiger partial charge on any atom is 0.306 e. The zero-order valence-corrected chi connectivity index (χ0v) is 53.9. The van der Waals surface area contributed by atoms with Gasteiger partial charge in [0.2, 0.25) is 5.91 Å². The van der Waals surface area contributed by atoms with Crippen molar-refractivity contribution in [3.63, 3.8) is 0 Å². The van der Waals surface area contributed by atoms with Gasteiger partial charge < -0.3 is 45.1 Å². The highest BCUT2D eigenvalue weighted by molar-refractivity contribution is 5.81. The maximum atomic E-state index is 13.4. The molecule has 0 aliphatic carbocycles. The molecule has 86 heavy (non-hydrogen) atoms. The molecule has 0 radical (unpaired) electrons. The van der Waals surface area contributed by atoms with Crippen LogP contribution in [0.5, 0.6) is 0 Å². The molecule has 8 atom stereocenters. The highest BCUT2D eigenvalue weighted by atomic mass is 16.7. The third-order valence-corrected chi connectivity index (χ3v) is 14.7. The van der Waals surface area contributed by atoms with Crippen LogP contribution in [0.2, 0.25) is 0 Å². The van der Waals surface area contributed by atoms with Gasteiger partial charge >= 0.3 is 5.97 Å². The number of esters is 1. The van der Waals surface area contributed by atoms with Crippen LogP contribution in [0.25, 0.3) is 0 Å². The Kier molecular flexibility index (Phi) is 55.8. The number of carbonyl (C=O) groups is 2. The van der Waals surface area contributed by atoms with Gasteiger partial charge in [-0.25, -0.2) is 0 Å². The normalized spacial score (nSPS) is 19.4. The summed E-state index contributed by atoms with van der Waals surface area (Å²) in [5.74, 6) is -1.30. The van der Waals surface area contributed by atoms with Gasteiger partial charge in [-0.05, 0) is 109 Å². The first kappa shape index (κ1) is 79.3. The van der Waals surface area contributed by atoms with Crippen molar-refractivity contribution in [1.82, 2.24) is 5.32 Å². The number of aliphatic hydroxyl groups excluding tert-OH is 5. The smallest absolute Gasteiger partial charge is 0.306 e. The monoisotopic (exact) mass is 1200 g/mol. The van der Waals surface area contributed by atoms with Crippen LogP contribution < -0.4 is 5.32 Å². The van der Waals surface area contributed by atoms with Crippen molar-refractivity contribution in [2.24, 2.45) is 0 Å². The van der Waals surface area contributed by atoms with E-state index >= 15 is 0 Å². The van der Waals surface area contributed by atoms with E-state index in [0.717, 1.165) is 128 Å². The Bertz CT molecular complexity index is 2010. The molecule has 0 saturated carbocycles. The van der Waals surface area contributed by atoms with Gasteiger partial charge in [0.1, 0.15) is 24.4 Å². The first-order valence-electron chi connectivity index (χ1n) is 33.8. The molecule has 11 heteroatoms. The minimum atomic E-state index is -1.64. The number of unbranched alkanes of at least 4 members (excludes halogenated alkanes) is 18. The number of allylic oxidation sites excluding steroid dienone is 24. The van der Waals surface area contributed by atoms with Crippen molar-refractivity contribution in [1.29, 1.82) is 0 Å². The molecule has 11 nitrogen and oxygen atoms in total. The number of hydrogen-bond donors (Lipinski definition) is 6. The molecule has 1 heterocycles. The second kappa shape index (κ2) is 60.6. The van der Waals surface area contributed by atoms with E-state index in [1.165, 1.54) is 64.2 Å². The average molecular weight is 1200 g/mol. The molecule has 1 saturated heterocycles. The largest absolute Gasteiger partial charge is 0.454 e. The van der Waals surface area contributed by atoms with Crippen LogP contribution in [0.1, 0.15) is 239 Å². The van der Waals surface area contributed by atoms with Gasteiger partial charge in [-0.3, -0.25) is 9.59 Å². The molecule has 6 N–H and O–H groups in total. The molecule has 0 spiro atoms. The Morgan fingerprint density at radius 1 is 0.465 bits per heavy atom. The number of rotatable bonds is 55. The topological polar surface area (TPSA) is 175 Å².